The second-order valence-corrected chi connectivity index (χ2v) is 5.13. The Balaban J connectivity index is 2.39. The zero-order chi connectivity index (χ0) is 14.0. The van der Waals surface area contributed by atoms with Crippen molar-refractivity contribution in [1.82, 2.24) is 10.6 Å². The molecule has 3 amide bonds. The number of imide groups is 1. The summed E-state index contributed by atoms with van der Waals surface area (Å²) >= 11 is 0. The minimum atomic E-state index is -1.03. The molecule has 1 saturated heterocycles. The van der Waals surface area contributed by atoms with Crippen molar-refractivity contribution >= 4 is 11.9 Å². The molecular formula is C14H19N3O2. The maximum absolute atomic E-state index is 12.1. The number of rotatable bonds is 4. The lowest BCUT2D eigenvalue weighted by atomic mass is 9.85. The highest BCUT2D eigenvalue weighted by Crippen LogP contribution is 2.29. The topological polar surface area (TPSA) is 84.2 Å². The van der Waals surface area contributed by atoms with E-state index >= 15 is 0 Å². The van der Waals surface area contributed by atoms with Gasteiger partial charge < -0.3 is 11.1 Å². The summed E-state index contributed by atoms with van der Waals surface area (Å²) in [5.41, 5.74) is 6.52. The number of nitrogens with two attached hydrogens (primary N) is 1. The Morgan fingerprint density at radius 3 is 2.26 bits per heavy atom. The summed E-state index contributed by atoms with van der Waals surface area (Å²) in [5.74, 6) is 0.0896. The number of carbonyl (C=O) groups excluding carboxylic acids is 2. The van der Waals surface area contributed by atoms with E-state index in [2.05, 4.69) is 24.5 Å². The van der Waals surface area contributed by atoms with Gasteiger partial charge in [0, 0.05) is 0 Å². The molecule has 1 aromatic carbocycles. The average molecular weight is 261 g/mol. The van der Waals surface area contributed by atoms with Crippen molar-refractivity contribution in [2.24, 2.45) is 5.73 Å². The Bertz CT molecular complexity index is 496. The van der Waals surface area contributed by atoms with Gasteiger partial charge in [0.2, 0.25) is 0 Å². The van der Waals surface area contributed by atoms with Crippen LogP contribution >= 0.6 is 0 Å². The molecule has 1 heterocycles. The van der Waals surface area contributed by atoms with E-state index in [-0.39, 0.29) is 5.91 Å². The maximum atomic E-state index is 12.1. The fourth-order valence-corrected chi connectivity index (χ4v) is 2.38. The zero-order valence-corrected chi connectivity index (χ0v) is 11.2. The molecule has 0 bridgehead atoms. The Morgan fingerprint density at radius 2 is 1.84 bits per heavy atom. The summed E-state index contributed by atoms with van der Waals surface area (Å²) in [4.78, 5) is 23.5. The van der Waals surface area contributed by atoms with Gasteiger partial charge in [-0.25, -0.2) is 4.79 Å². The molecule has 0 saturated carbocycles. The Labute approximate surface area is 112 Å². The van der Waals surface area contributed by atoms with E-state index in [4.69, 9.17) is 5.73 Å². The van der Waals surface area contributed by atoms with Gasteiger partial charge in [0.1, 0.15) is 5.54 Å². The smallest absolute Gasteiger partial charge is 0.322 e. The highest BCUT2D eigenvalue weighted by atomic mass is 16.2. The molecule has 0 spiro atoms. The first-order chi connectivity index (χ1) is 8.99. The molecule has 1 aliphatic heterocycles. The quantitative estimate of drug-likeness (QED) is 0.712. The van der Waals surface area contributed by atoms with Crippen molar-refractivity contribution in [2.45, 2.75) is 31.7 Å². The standard InChI is InChI=1S/C14H19N3O2/c1-9(2)10-3-5-11(6-4-10)14(7-8-15)12(18)16-13(19)17-14/h3-6,9H,7-8,15H2,1-2H3,(H2,16,17,18,19). The van der Waals surface area contributed by atoms with Crippen LogP contribution in [0, 0.1) is 0 Å². The number of hydrogen-bond acceptors (Lipinski definition) is 3. The summed E-state index contributed by atoms with van der Waals surface area (Å²) in [7, 11) is 0. The summed E-state index contributed by atoms with van der Waals surface area (Å²) in [6.07, 6.45) is 0.381. The molecule has 2 rings (SSSR count). The van der Waals surface area contributed by atoms with Crippen LogP contribution < -0.4 is 16.4 Å². The highest BCUT2D eigenvalue weighted by Gasteiger charge is 2.46. The van der Waals surface area contributed by atoms with E-state index in [1.54, 1.807) is 0 Å². The van der Waals surface area contributed by atoms with Gasteiger partial charge in [-0.1, -0.05) is 38.1 Å². The van der Waals surface area contributed by atoms with E-state index in [0.29, 0.717) is 18.9 Å². The number of nitrogens with one attached hydrogen (secondary N) is 2. The maximum Gasteiger partial charge on any atom is 0.322 e. The van der Waals surface area contributed by atoms with Crippen LogP contribution in [0.4, 0.5) is 4.79 Å². The van der Waals surface area contributed by atoms with Gasteiger partial charge >= 0.3 is 6.03 Å². The van der Waals surface area contributed by atoms with Crippen LogP contribution in [0.25, 0.3) is 0 Å². The molecule has 5 heteroatoms. The van der Waals surface area contributed by atoms with Crippen LogP contribution in [0.15, 0.2) is 24.3 Å². The van der Waals surface area contributed by atoms with Gasteiger partial charge in [0.15, 0.2) is 0 Å². The number of hydrogen-bond donors (Lipinski definition) is 3. The molecule has 1 aliphatic rings. The van der Waals surface area contributed by atoms with Crippen LogP contribution in [0.3, 0.4) is 0 Å². The van der Waals surface area contributed by atoms with E-state index in [1.807, 2.05) is 24.3 Å². The molecule has 102 valence electrons. The van der Waals surface area contributed by atoms with Crippen molar-refractivity contribution in [1.29, 1.82) is 0 Å². The second-order valence-electron chi connectivity index (χ2n) is 5.13. The van der Waals surface area contributed by atoms with Crippen molar-refractivity contribution in [3.8, 4) is 0 Å². The monoisotopic (exact) mass is 261 g/mol. The first-order valence-electron chi connectivity index (χ1n) is 6.43. The van der Waals surface area contributed by atoms with E-state index in [0.717, 1.165) is 5.56 Å². The third kappa shape index (κ3) is 2.33. The van der Waals surface area contributed by atoms with Gasteiger partial charge in [-0.05, 0) is 30.0 Å². The normalized spacial score (nSPS) is 22.5. The SMILES string of the molecule is CC(C)c1ccc(C2(CCN)NC(=O)NC2=O)cc1. The predicted molar refractivity (Wildman–Crippen MR) is 72.6 cm³/mol. The van der Waals surface area contributed by atoms with Crippen LogP contribution in [-0.2, 0) is 10.3 Å². The molecule has 0 radical (unpaired) electrons. The molecule has 1 aromatic rings. The van der Waals surface area contributed by atoms with Crippen LogP contribution in [-0.4, -0.2) is 18.5 Å². The molecule has 0 aromatic heterocycles. The lowest BCUT2D eigenvalue weighted by molar-refractivity contribution is -0.124. The van der Waals surface area contributed by atoms with E-state index in [1.165, 1.54) is 5.56 Å². The molecule has 19 heavy (non-hydrogen) atoms. The first-order valence-corrected chi connectivity index (χ1v) is 6.43. The minimum Gasteiger partial charge on any atom is -0.330 e. The van der Waals surface area contributed by atoms with Gasteiger partial charge in [0.25, 0.3) is 5.91 Å². The van der Waals surface area contributed by atoms with E-state index < -0.39 is 11.6 Å². The predicted octanol–water partition coefficient (Wildman–Crippen LogP) is 1.19. The van der Waals surface area contributed by atoms with Crippen molar-refractivity contribution in [2.75, 3.05) is 6.54 Å². The molecular weight excluding hydrogens is 242 g/mol. The summed E-state index contributed by atoms with van der Waals surface area (Å²) in [5, 5.41) is 4.99. The van der Waals surface area contributed by atoms with Crippen molar-refractivity contribution in [3.63, 3.8) is 0 Å². The Kier molecular flexibility index (Phi) is 3.57. The fourth-order valence-electron chi connectivity index (χ4n) is 2.38. The van der Waals surface area contributed by atoms with Crippen LogP contribution in [0.2, 0.25) is 0 Å². The third-order valence-electron chi connectivity index (χ3n) is 3.53. The molecule has 0 aliphatic carbocycles. The summed E-state index contributed by atoms with van der Waals surface area (Å²) in [6.45, 7) is 4.53. The highest BCUT2D eigenvalue weighted by molar-refractivity contribution is 6.07. The second kappa shape index (κ2) is 5.01. The van der Waals surface area contributed by atoms with Gasteiger partial charge in [-0.2, -0.15) is 0 Å². The number of amides is 3. The van der Waals surface area contributed by atoms with Crippen LogP contribution in [0.1, 0.15) is 37.3 Å². The first kappa shape index (κ1) is 13.5. The molecule has 1 unspecified atom stereocenters. The lowest BCUT2D eigenvalue weighted by Gasteiger charge is -2.26. The fraction of sp³-hybridized carbons (Fsp3) is 0.429. The molecule has 1 atom stereocenters. The van der Waals surface area contributed by atoms with Gasteiger partial charge in [0.05, 0.1) is 0 Å². The number of urea groups is 1. The minimum absolute atomic E-state index is 0.319. The van der Waals surface area contributed by atoms with Gasteiger partial charge in [-0.3, -0.25) is 10.1 Å². The molecule has 4 N–H and O–H groups in total. The number of benzene rings is 1. The summed E-state index contributed by atoms with van der Waals surface area (Å²) in [6, 6.07) is 7.27. The molecule has 1 fully saturated rings. The third-order valence-corrected chi connectivity index (χ3v) is 3.53. The largest absolute Gasteiger partial charge is 0.330 e. The Hall–Kier alpha value is -1.88. The molecule has 5 nitrogen and oxygen atoms in total. The zero-order valence-electron chi connectivity index (χ0n) is 11.2. The average Bonchev–Trinajstić information content (AvgIpc) is 2.65. The summed E-state index contributed by atoms with van der Waals surface area (Å²) < 4.78 is 0. The lowest BCUT2D eigenvalue weighted by Crippen LogP contribution is -2.45. The van der Waals surface area contributed by atoms with Gasteiger partial charge in [-0.15, -0.1) is 0 Å². The van der Waals surface area contributed by atoms with E-state index in [9.17, 15) is 9.59 Å². The van der Waals surface area contributed by atoms with Crippen molar-refractivity contribution in [3.05, 3.63) is 35.4 Å². The van der Waals surface area contributed by atoms with Crippen LogP contribution in [0.5, 0.6) is 0 Å². The number of carbonyl (C=O) groups is 2. The van der Waals surface area contributed by atoms with Crippen molar-refractivity contribution < 1.29 is 9.59 Å². The Morgan fingerprint density at radius 1 is 1.21 bits per heavy atom.